The van der Waals surface area contributed by atoms with Crippen molar-refractivity contribution in [1.82, 2.24) is 0 Å². The molecule has 1 rings (SSSR count). The molecule has 3 nitrogen and oxygen atoms in total. The van der Waals surface area contributed by atoms with Crippen molar-refractivity contribution in [1.29, 1.82) is 0 Å². The Labute approximate surface area is 114 Å². The molecule has 0 saturated heterocycles. The van der Waals surface area contributed by atoms with Crippen molar-refractivity contribution in [2.45, 2.75) is 18.7 Å². The first-order valence-corrected chi connectivity index (χ1v) is 7.39. The van der Waals surface area contributed by atoms with E-state index >= 15 is 0 Å². The molecule has 0 aliphatic carbocycles. The molecule has 0 N–H and O–H groups in total. The number of ether oxygens (including phenoxy) is 1. The van der Waals surface area contributed by atoms with Gasteiger partial charge in [-0.25, -0.2) is 8.42 Å². The average Bonchev–Trinajstić information content (AvgIpc) is 2.43. The Morgan fingerprint density at radius 1 is 1.11 bits per heavy atom. The monoisotopic (exact) mass is 278 g/mol. The lowest BCUT2D eigenvalue weighted by Gasteiger charge is -2.06. The SMILES string of the molecule is C\C=C/C=C\C(=C/C)S(=O)(=O)c1ccc(OC)cc1. The van der Waals surface area contributed by atoms with E-state index in [4.69, 9.17) is 4.74 Å². The Bertz CT molecular complexity index is 591. The highest BCUT2D eigenvalue weighted by molar-refractivity contribution is 7.95. The minimum atomic E-state index is -3.47. The van der Waals surface area contributed by atoms with Gasteiger partial charge in [0.1, 0.15) is 5.75 Å². The largest absolute Gasteiger partial charge is 0.497 e. The number of allylic oxidation sites excluding steroid dienone is 5. The van der Waals surface area contributed by atoms with Crippen molar-refractivity contribution in [2.75, 3.05) is 7.11 Å². The maximum Gasteiger partial charge on any atom is 0.206 e. The third-order valence-corrected chi connectivity index (χ3v) is 4.41. The summed E-state index contributed by atoms with van der Waals surface area (Å²) in [6.45, 7) is 3.58. The quantitative estimate of drug-likeness (QED) is 0.774. The standard InChI is InChI=1S/C15H18O3S/c1-4-6-7-8-14(5-2)19(16,17)15-11-9-13(18-3)10-12-15/h4-12H,1-3H3/b6-4-,8-7-,14-5+. The Morgan fingerprint density at radius 2 is 1.74 bits per heavy atom. The molecule has 1 aromatic carbocycles. The fourth-order valence-corrected chi connectivity index (χ4v) is 2.83. The maximum atomic E-state index is 12.4. The summed E-state index contributed by atoms with van der Waals surface area (Å²) < 4.78 is 29.8. The Balaban J connectivity index is 3.13. The molecule has 0 aromatic heterocycles. The summed E-state index contributed by atoms with van der Waals surface area (Å²) >= 11 is 0. The van der Waals surface area contributed by atoms with Crippen LogP contribution in [0.3, 0.4) is 0 Å². The van der Waals surface area contributed by atoms with Crippen molar-refractivity contribution in [2.24, 2.45) is 0 Å². The zero-order valence-electron chi connectivity index (χ0n) is 11.3. The third kappa shape index (κ3) is 3.83. The molecule has 102 valence electrons. The van der Waals surface area contributed by atoms with Crippen molar-refractivity contribution < 1.29 is 13.2 Å². The predicted octanol–water partition coefficient (Wildman–Crippen LogP) is 3.51. The molecule has 0 amide bonds. The lowest BCUT2D eigenvalue weighted by molar-refractivity contribution is 0.414. The third-order valence-electron chi connectivity index (χ3n) is 2.53. The lowest BCUT2D eigenvalue weighted by Crippen LogP contribution is -2.03. The average molecular weight is 278 g/mol. The number of sulfone groups is 1. The van der Waals surface area contributed by atoms with Gasteiger partial charge in [-0.15, -0.1) is 0 Å². The first kappa shape index (κ1) is 15.2. The van der Waals surface area contributed by atoms with Crippen LogP contribution < -0.4 is 4.74 Å². The summed E-state index contributed by atoms with van der Waals surface area (Å²) in [7, 11) is -1.93. The summed E-state index contributed by atoms with van der Waals surface area (Å²) in [4.78, 5) is 0.530. The predicted molar refractivity (Wildman–Crippen MR) is 77.9 cm³/mol. The van der Waals surface area contributed by atoms with E-state index < -0.39 is 9.84 Å². The van der Waals surface area contributed by atoms with E-state index in [1.54, 1.807) is 62.6 Å². The minimum Gasteiger partial charge on any atom is -0.497 e. The normalized spacial score (nSPS) is 13.3. The molecule has 0 spiro atoms. The summed E-state index contributed by atoms with van der Waals surface area (Å²) in [5.74, 6) is 0.630. The molecule has 1 aromatic rings. The first-order chi connectivity index (χ1) is 9.06. The Hall–Kier alpha value is -1.81. The van der Waals surface area contributed by atoms with Crippen LogP contribution in [0.1, 0.15) is 13.8 Å². The number of hydrogen-bond acceptors (Lipinski definition) is 3. The molecule has 0 heterocycles. The number of rotatable bonds is 5. The van der Waals surface area contributed by atoms with Gasteiger partial charge in [-0.3, -0.25) is 0 Å². The molecule has 0 unspecified atom stereocenters. The minimum absolute atomic E-state index is 0.256. The maximum absolute atomic E-state index is 12.4. The van der Waals surface area contributed by atoms with Gasteiger partial charge in [0, 0.05) is 0 Å². The summed E-state index contributed by atoms with van der Waals surface area (Å²) in [6, 6.07) is 6.36. The molecule has 0 atom stereocenters. The summed E-state index contributed by atoms with van der Waals surface area (Å²) in [6.07, 6.45) is 8.49. The highest BCUT2D eigenvalue weighted by Crippen LogP contribution is 2.22. The van der Waals surface area contributed by atoms with Crippen molar-refractivity contribution in [3.05, 3.63) is 59.6 Å². The highest BCUT2D eigenvalue weighted by atomic mass is 32.2. The molecule has 0 aliphatic heterocycles. The number of methoxy groups -OCH3 is 1. The van der Waals surface area contributed by atoms with Gasteiger partial charge in [-0.1, -0.05) is 24.3 Å². The molecule has 0 fully saturated rings. The van der Waals surface area contributed by atoms with E-state index in [9.17, 15) is 8.42 Å². The summed E-state index contributed by atoms with van der Waals surface area (Å²) in [5, 5.41) is 0. The van der Waals surface area contributed by atoms with Crippen LogP contribution in [0.2, 0.25) is 0 Å². The molecule has 19 heavy (non-hydrogen) atoms. The zero-order chi connectivity index (χ0) is 14.3. The van der Waals surface area contributed by atoms with Crippen LogP contribution in [0.4, 0.5) is 0 Å². The Morgan fingerprint density at radius 3 is 2.21 bits per heavy atom. The fourth-order valence-electron chi connectivity index (χ4n) is 1.49. The molecule has 0 radical (unpaired) electrons. The van der Waals surface area contributed by atoms with Gasteiger partial charge in [0.15, 0.2) is 0 Å². The van der Waals surface area contributed by atoms with Gasteiger partial charge in [0.25, 0.3) is 0 Å². The molecule has 0 bridgehead atoms. The van der Waals surface area contributed by atoms with Gasteiger partial charge in [-0.2, -0.15) is 0 Å². The van der Waals surface area contributed by atoms with Crippen molar-refractivity contribution in [3.8, 4) is 5.75 Å². The van der Waals surface area contributed by atoms with Gasteiger partial charge in [0.2, 0.25) is 9.84 Å². The van der Waals surface area contributed by atoms with Crippen molar-refractivity contribution >= 4 is 9.84 Å². The van der Waals surface area contributed by atoms with E-state index in [0.717, 1.165) is 0 Å². The van der Waals surface area contributed by atoms with Crippen LogP contribution in [0.5, 0.6) is 5.75 Å². The van der Waals surface area contributed by atoms with Crippen LogP contribution in [0, 0.1) is 0 Å². The molecule has 0 saturated carbocycles. The van der Waals surface area contributed by atoms with Crippen LogP contribution in [-0.4, -0.2) is 15.5 Å². The highest BCUT2D eigenvalue weighted by Gasteiger charge is 2.17. The lowest BCUT2D eigenvalue weighted by atomic mass is 10.3. The van der Waals surface area contributed by atoms with Crippen LogP contribution in [0.25, 0.3) is 0 Å². The molecular weight excluding hydrogens is 260 g/mol. The van der Waals surface area contributed by atoms with Crippen LogP contribution in [0.15, 0.2) is 64.4 Å². The van der Waals surface area contributed by atoms with E-state index in [1.807, 2.05) is 13.0 Å². The van der Waals surface area contributed by atoms with E-state index in [0.29, 0.717) is 5.75 Å². The molecule has 0 aliphatic rings. The van der Waals surface area contributed by atoms with Crippen LogP contribution in [-0.2, 0) is 9.84 Å². The van der Waals surface area contributed by atoms with Gasteiger partial charge in [-0.05, 0) is 44.2 Å². The van der Waals surface area contributed by atoms with Gasteiger partial charge < -0.3 is 4.74 Å². The number of benzene rings is 1. The summed E-state index contributed by atoms with van der Waals surface area (Å²) in [5.41, 5.74) is 0. The van der Waals surface area contributed by atoms with Gasteiger partial charge >= 0.3 is 0 Å². The van der Waals surface area contributed by atoms with E-state index in [1.165, 1.54) is 0 Å². The Kier molecular flexibility index (Phi) is 5.57. The second-order valence-corrected chi connectivity index (χ2v) is 5.70. The first-order valence-electron chi connectivity index (χ1n) is 5.91. The van der Waals surface area contributed by atoms with Crippen LogP contribution >= 0.6 is 0 Å². The fraction of sp³-hybridized carbons (Fsp3) is 0.200. The number of hydrogen-bond donors (Lipinski definition) is 0. The van der Waals surface area contributed by atoms with E-state index in [-0.39, 0.29) is 9.80 Å². The van der Waals surface area contributed by atoms with Gasteiger partial charge in [0.05, 0.1) is 16.9 Å². The second kappa shape index (κ2) is 6.95. The zero-order valence-corrected chi connectivity index (χ0v) is 12.1. The van der Waals surface area contributed by atoms with E-state index in [2.05, 4.69) is 0 Å². The molecule has 4 heteroatoms. The van der Waals surface area contributed by atoms with Crippen molar-refractivity contribution in [3.63, 3.8) is 0 Å². The topological polar surface area (TPSA) is 43.4 Å². The molecular formula is C15H18O3S. The second-order valence-electron chi connectivity index (χ2n) is 3.75. The smallest absolute Gasteiger partial charge is 0.206 e.